The maximum Gasteiger partial charge on any atom is 0.335 e. The maximum atomic E-state index is 11.3. The van der Waals surface area contributed by atoms with Crippen molar-refractivity contribution in [1.82, 2.24) is 4.98 Å². The van der Waals surface area contributed by atoms with E-state index in [1.54, 1.807) is 12.1 Å². The molecule has 0 aliphatic carbocycles. The van der Waals surface area contributed by atoms with Gasteiger partial charge < -0.3 is 10.1 Å². The van der Waals surface area contributed by atoms with Crippen LogP contribution in [-0.4, -0.2) is 16.1 Å². The Labute approximate surface area is 177 Å². The zero-order valence-corrected chi connectivity index (χ0v) is 18.6. The Bertz CT molecular complexity index is 719. The Morgan fingerprint density at radius 1 is 0.828 bits per heavy atom. The Morgan fingerprint density at radius 3 is 1.93 bits per heavy atom. The Kier molecular flexibility index (Phi) is 10.9. The van der Waals surface area contributed by atoms with Crippen LogP contribution in [0.25, 0.3) is 10.9 Å². The van der Waals surface area contributed by atoms with Gasteiger partial charge in [-0.3, -0.25) is 0 Å². The predicted molar refractivity (Wildman–Crippen MR) is 124 cm³/mol. The highest BCUT2D eigenvalue weighted by Crippen LogP contribution is 2.31. The lowest BCUT2D eigenvalue weighted by atomic mass is 9.91. The van der Waals surface area contributed by atoms with E-state index in [0.717, 1.165) is 10.9 Å². The highest BCUT2D eigenvalue weighted by Gasteiger charge is 2.15. The first kappa shape index (κ1) is 23.5. The van der Waals surface area contributed by atoms with E-state index in [2.05, 4.69) is 24.9 Å². The van der Waals surface area contributed by atoms with E-state index >= 15 is 0 Å². The van der Waals surface area contributed by atoms with Gasteiger partial charge in [0.2, 0.25) is 0 Å². The molecule has 0 aliphatic rings. The molecule has 162 valence electrons. The lowest BCUT2D eigenvalue weighted by Gasteiger charge is -2.16. The van der Waals surface area contributed by atoms with Crippen molar-refractivity contribution in [3.05, 3.63) is 35.5 Å². The smallest absolute Gasteiger partial charge is 0.335 e. The molecule has 0 spiro atoms. The molecule has 0 fully saturated rings. The molecular formula is C26H41NO2. The van der Waals surface area contributed by atoms with Crippen LogP contribution in [0.15, 0.2) is 24.3 Å². The molecule has 0 saturated carbocycles. The van der Waals surface area contributed by atoms with Crippen molar-refractivity contribution >= 4 is 16.9 Å². The van der Waals surface area contributed by atoms with Gasteiger partial charge in [-0.25, -0.2) is 4.79 Å². The van der Waals surface area contributed by atoms with Crippen molar-refractivity contribution < 1.29 is 9.90 Å². The van der Waals surface area contributed by atoms with E-state index in [1.807, 2.05) is 6.07 Å². The van der Waals surface area contributed by atoms with Gasteiger partial charge in [0.05, 0.1) is 5.56 Å². The van der Waals surface area contributed by atoms with Gasteiger partial charge >= 0.3 is 5.97 Å². The standard InChI is InChI=1S/C26H41NO2/c1-3-5-7-9-10-12-14-16-21(15-13-11-8-6-4-2)25-20-23-19-22(26(28)29)17-18-24(23)27-25/h17-21,27H,3-16H2,1-2H3,(H,28,29). The SMILES string of the molecule is CCCCCCCCCC(CCCCCCC)c1cc2cc(C(=O)O)ccc2[nH]1. The Balaban J connectivity index is 1.95. The third-order valence-electron chi connectivity index (χ3n) is 6.14. The summed E-state index contributed by atoms with van der Waals surface area (Å²) in [5, 5.41) is 10.3. The van der Waals surface area contributed by atoms with Gasteiger partial charge in [-0.05, 0) is 43.0 Å². The van der Waals surface area contributed by atoms with Crippen LogP contribution < -0.4 is 0 Å². The minimum atomic E-state index is -0.856. The molecule has 1 aromatic carbocycles. The second kappa shape index (κ2) is 13.5. The van der Waals surface area contributed by atoms with Crippen LogP contribution in [0.3, 0.4) is 0 Å². The number of hydrogen-bond acceptors (Lipinski definition) is 1. The Hall–Kier alpha value is -1.77. The number of carboxylic acids is 1. The molecule has 29 heavy (non-hydrogen) atoms. The second-order valence-corrected chi connectivity index (χ2v) is 8.64. The number of fused-ring (bicyclic) bond motifs is 1. The predicted octanol–water partition coefficient (Wildman–Crippen LogP) is 8.45. The molecule has 0 amide bonds. The second-order valence-electron chi connectivity index (χ2n) is 8.64. The van der Waals surface area contributed by atoms with E-state index < -0.39 is 5.97 Å². The number of aromatic carboxylic acids is 1. The number of unbranched alkanes of at least 4 members (excludes halogenated alkanes) is 10. The number of hydrogen-bond donors (Lipinski definition) is 2. The molecule has 0 bridgehead atoms. The first-order valence-electron chi connectivity index (χ1n) is 12.0. The first-order chi connectivity index (χ1) is 14.2. The number of nitrogens with one attached hydrogen (secondary N) is 1. The van der Waals surface area contributed by atoms with Gasteiger partial charge in [-0.1, -0.05) is 90.9 Å². The highest BCUT2D eigenvalue weighted by atomic mass is 16.4. The molecule has 2 aromatic rings. The summed E-state index contributed by atoms with van der Waals surface area (Å²) < 4.78 is 0. The van der Waals surface area contributed by atoms with Crippen molar-refractivity contribution in [2.45, 2.75) is 110 Å². The van der Waals surface area contributed by atoms with Crippen molar-refractivity contribution in [3.8, 4) is 0 Å². The van der Waals surface area contributed by atoms with E-state index in [-0.39, 0.29) is 0 Å². The third kappa shape index (κ3) is 8.24. The zero-order valence-electron chi connectivity index (χ0n) is 18.6. The van der Waals surface area contributed by atoms with Gasteiger partial charge in [0.15, 0.2) is 0 Å². The number of H-pyrrole nitrogens is 1. The van der Waals surface area contributed by atoms with Crippen molar-refractivity contribution in [3.63, 3.8) is 0 Å². The molecule has 1 unspecified atom stereocenters. The minimum absolute atomic E-state index is 0.367. The van der Waals surface area contributed by atoms with Crippen LogP contribution >= 0.6 is 0 Å². The third-order valence-corrected chi connectivity index (χ3v) is 6.14. The van der Waals surface area contributed by atoms with Crippen LogP contribution in [0.2, 0.25) is 0 Å². The Morgan fingerprint density at radius 2 is 1.38 bits per heavy atom. The molecule has 0 radical (unpaired) electrons. The lowest BCUT2D eigenvalue weighted by Crippen LogP contribution is -2.00. The van der Waals surface area contributed by atoms with Crippen molar-refractivity contribution in [2.75, 3.05) is 0 Å². The fourth-order valence-electron chi connectivity index (χ4n) is 4.31. The van der Waals surface area contributed by atoms with Crippen molar-refractivity contribution in [2.24, 2.45) is 0 Å². The number of aromatic nitrogens is 1. The quantitative estimate of drug-likeness (QED) is 0.278. The molecule has 3 nitrogen and oxygen atoms in total. The molecule has 3 heteroatoms. The number of carboxylic acid groups (broad SMARTS) is 1. The van der Waals surface area contributed by atoms with E-state index in [9.17, 15) is 9.90 Å². The molecule has 1 heterocycles. The maximum absolute atomic E-state index is 11.3. The summed E-state index contributed by atoms with van der Waals surface area (Å²) in [5.41, 5.74) is 2.72. The molecule has 1 atom stereocenters. The van der Waals surface area contributed by atoms with E-state index in [4.69, 9.17) is 0 Å². The summed E-state index contributed by atoms with van der Waals surface area (Å²) in [6, 6.07) is 7.60. The summed E-state index contributed by atoms with van der Waals surface area (Å²) in [4.78, 5) is 14.9. The molecule has 0 saturated heterocycles. The van der Waals surface area contributed by atoms with Crippen LogP contribution in [0.1, 0.15) is 126 Å². The van der Waals surface area contributed by atoms with E-state index in [0.29, 0.717) is 11.5 Å². The van der Waals surface area contributed by atoms with E-state index in [1.165, 1.54) is 95.6 Å². The number of benzene rings is 1. The summed E-state index contributed by atoms with van der Waals surface area (Å²) in [5.74, 6) is -0.293. The van der Waals surface area contributed by atoms with Crippen LogP contribution in [0.4, 0.5) is 0 Å². The normalized spacial score (nSPS) is 12.5. The largest absolute Gasteiger partial charge is 0.478 e. The van der Waals surface area contributed by atoms with Gasteiger partial charge in [-0.2, -0.15) is 0 Å². The number of aromatic amines is 1. The summed E-state index contributed by atoms with van der Waals surface area (Å²) in [7, 11) is 0. The van der Waals surface area contributed by atoms with Crippen molar-refractivity contribution in [1.29, 1.82) is 0 Å². The van der Waals surface area contributed by atoms with Gasteiger partial charge in [0.1, 0.15) is 0 Å². The average molecular weight is 400 g/mol. The molecule has 2 rings (SSSR count). The molecule has 1 aromatic heterocycles. The highest BCUT2D eigenvalue weighted by molar-refractivity contribution is 5.93. The fourth-order valence-corrected chi connectivity index (χ4v) is 4.31. The summed E-state index contributed by atoms with van der Waals surface area (Å²) >= 11 is 0. The molecule has 0 aliphatic heterocycles. The topological polar surface area (TPSA) is 53.1 Å². The number of carbonyl (C=O) groups is 1. The van der Waals surface area contributed by atoms with Gasteiger partial charge in [0.25, 0.3) is 0 Å². The lowest BCUT2D eigenvalue weighted by molar-refractivity contribution is 0.0697. The average Bonchev–Trinajstić information content (AvgIpc) is 3.14. The zero-order chi connectivity index (χ0) is 20.9. The minimum Gasteiger partial charge on any atom is -0.478 e. The van der Waals surface area contributed by atoms with Crippen LogP contribution in [-0.2, 0) is 0 Å². The molecule has 2 N–H and O–H groups in total. The number of rotatable bonds is 16. The summed E-state index contributed by atoms with van der Waals surface area (Å²) in [6.45, 7) is 4.53. The first-order valence-corrected chi connectivity index (χ1v) is 12.0. The van der Waals surface area contributed by atoms with Gasteiger partial charge in [-0.15, -0.1) is 0 Å². The van der Waals surface area contributed by atoms with Gasteiger partial charge in [0, 0.05) is 16.6 Å². The monoisotopic (exact) mass is 399 g/mol. The van der Waals surface area contributed by atoms with Crippen LogP contribution in [0.5, 0.6) is 0 Å². The van der Waals surface area contributed by atoms with Crippen LogP contribution in [0, 0.1) is 0 Å². The fraction of sp³-hybridized carbons (Fsp3) is 0.654. The summed E-state index contributed by atoms with van der Waals surface area (Å²) in [6.07, 6.45) is 18.5. The molecular weight excluding hydrogens is 358 g/mol.